The molecular formula is C18H24FN3O. The van der Waals surface area contributed by atoms with Gasteiger partial charge < -0.3 is 9.30 Å². The third-order valence-electron chi connectivity index (χ3n) is 4.53. The van der Waals surface area contributed by atoms with Crippen LogP contribution in [0, 0.1) is 12.7 Å². The molecule has 0 N–H and O–H groups in total. The minimum absolute atomic E-state index is 0.309. The van der Waals surface area contributed by atoms with Crippen molar-refractivity contribution in [2.24, 2.45) is 7.05 Å². The molecule has 1 atom stereocenters. The third-order valence-corrected chi connectivity index (χ3v) is 4.53. The molecular weight excluding hydrogens is 293 g/mol. The van der Waals surface area contributed by atoms with Crippen LogP contribution < -0.4 is 4.74 Å². The minimum Gasteiger partial charge on any atom is -0.494 e. The molecule has 5 heteroatoms. The van der Waals surface area contributed by atoms with Crippen LogP contribution in [-0.4, -0.2) is 34.7 Å². The summed E-state index contributed by atoms with van der Waals surface area (Å²) in [5.41, 5.74) is 2.16. The number of piperidine rings is 1. The highest BCUT2D eigenvalue weighted by atomic mass is 19.1. The van der Waals surface area contributed by atoms with Crippen LogP contribution in [0.5, 0.6) is 5.75 Å². The van der Waals surface area contributed by atoms with Crippen LogP contribution in [0.4, 0.5) is 4.39 Å². The number of hydrogen-bond donors (Lipinski definition) is 0. The van der Waals surface area contributed by atoms with Crippen LogP contribution >= 0.6 is 0 Å². The van der Waals surface area contributed by atoms with Gasteiger partial charge in [0.1, 0.15) is 5.82 Å². The molecule has 0 radical (unpaired) electrons. The van der Waals surface area contributed by atoms with E-state index >= 15 is 0 Å². The lowest BCUT2D eigenvalue weighted by Gasteiger charge is -2.32. The average Bonchev–Trinajstić information content (AvgIpc) is 2.88. The quantitative estimate of drug-likeness (QED) is 0.867. The minimum atomic E-state index is -0.309. The second kappa shape index (κ2) is 6.71. The molecule has 0 saturated carbocycles. The van der Waals surface area contributed by atoms with Crippen LogP contribution in [0.25, 0.3) is 0 Å². The lowest BCUT2D eigenvalue weighted by Crippen LogP contribution is -2.34. The Morgan fingerprint density at radius 1 is 1.39 bits per heavy atom. The number of aryl methyl sites for hydroxylation is 2. The van der Waals surface area contributed by atoms with Crippen molar-refractivity contribution in [3.8, 4) is 5.75 Å². The van der Waals surface area contributed by atoms with Crippen molar-refractivity contribution >= 4 is 0 Å². The predicted molar refractivity (Wildman–Crippen MR) is 88.1 cm³/mol. The molecule has 3 rings (SSSR count). The summed E-state index contributed by atoms with van der Waals surface area (Å²) in [4.78, 5) is 7.10. The molecule has 0 bridgehead atoms. The summed E-state index contributed by atoms with van der Waals surface area (Å²) in [6.45, 7) is 4.91. The van der Waals surface area contributed by atoms with Gasteiger partial charge in [0.15, 0.2) is 11.6 Å². The first-order chi connectivity index (χ1) is 11.1. The van der Waals surface area contributed by atoms with Crippen LogP contribution in [0.2, 0.25) is 0 Å². The smallest absolute Gasteiger partial charge is 0.165 e. The monoisotopic (exact) mass is 317 g/mol. The van der Waals surface area contributed by atoms with Crippen LogP contribution in [0.3, 0.4) is 0 Å². The molecule has 1 aromatic heterocycles. The van der Waals surface area contributed by atoms with Crippen molar-refractivity contribution in [3.05, 3.63) is 47.3 Å². The average molecular weight is 317 g/mol. The maximum absolute atomic E-state index is 13.5. The molecule has 0 aliphatic carbocycles. The van der Waals surface area contributed by atoms with Crippen molar-refractivity contribution in [2.45, 2.75) is 32.2 Å². The van der Waals surface area contributed by atoms with E-state index in [1.807, 2.05) is 13.0 Å². The van der Waals surface area contributed by atoms with Gasteiger partial charge in [0.05, 0.1) is 12.8 Å². The van der Waals surface area contributed by atoms with Crippen LogP contribution in [-0.2, 0) is 13.6 Å². The Labute approximate surface area is 136 Å². The second-order valence-electron chi connectivity index (χ2n) is 6.39. The van der Waals surface area contributed by atoms with Crippen molar-refractivity contribution in [3.63, 3.8) is 0 Å². The normalized spacial score (nSPS) is 19.0. The van der Waals surface area contributed by atoms with Crippen molar-refractivity contribution in [2.75, 3.05) is 20.2 Å². The Bertz CT molecular complexity index is 683. The molecule has 4 nitrogen and oxygen atoms in total. The van der Waals surface area contributed by atoms with E-state index in [9.17, 15) is 4.39 Å². The number of halogens is 1. The van der Waals surface area contributed by atoms with Gasteiger partial charge in [-0.3, -0.25) is 4.90 Å². The number of nitrogens with zero attached hydrogens (tertiary/aromatic N) is 3. The van der Waals surface area contributed by atoms with E-state index in [4.69, 9.17) is 4.74 Å². The maximum atomic E-state index is 13.5. The molecule has 1 aliphatic rings. The van der Waals surface area contributed by atoms with E-state index < -0.39 is 0 Å². The SMILES string of the molecule is COc1cc(CN2CCCC(c3nc(C)cn3C)C2)ccc1F. The highest BCUT2D eigenvalue weighted by Gasteiger charge is 2.24. The summed E-state index contributed by atoms with van der Waals surface area (Å²) in [6.07, 6.45) is 4.42. The van der Waals surface area contributed by atoms with Crippen molar-refractivity contribution < 1.29 is 9.13 Å². The fraction of sp³-hybridized carbons (Fsp3) is 0.500. The van der Waals surface area contributed by atoms with Gasteiger partial charge in [0.2, 0.25) is 0 Å². The summed E-state index contributed by atoms with van der Waals surface area (Å²) in [6, 6.07) is 5.12. The van der Waals surface area contributed by atoms with E-state index in [2.05, 4.69) is 27.7 Å². The lowest BCUT2D eigenvalue weighted by molar-refractivity contribution is 0.195. The zero-order valence-corrected chi connectivity index (χ0v) is 14.1. The number of hydrogen-bond acceptors (Lipinski definition) is 3. The van der Waals surface area contributed by atoms with E-state index in [0.717, 1.165) is 37.3 Å². The summed E-state index contributed by atoms with van der Waals surface area (Å²) < 4.78 is 20.7. The predicted octanol–water partition coefficient (Wildman–Crippen LogP) is 3.26. The van der Waals surface area contributed by atoms with Gasteiger partial charge in [-0.2, -0.15) is 0 Å². The zero-order chi connectivity index (χ0) is 16.4. The number of likely N-dealkylation sites (tertiary alicyclic amines) is 1. The number of methoxy groups -OCH3 is 1. The fourth-order valence-electron chi connectivity index (χ4n) is 3.48. The number of rotatable bonds is 4. The largest absolute Gasteiger partial charge is 0.494 e. The second-order valence-corrected chi connectivity index (χ2v) is 6.39. The van der Waals surface area contributed by atoms with Crippen molar-refractivity contribution in [1.82, 2.24) is 14.5 Å². The van der Waals surface area contributed by atoms with Gasteiger partial charge in [-0.25, -0.2) is 9.37 Å². The molecule has 2 heterocycles. The molecule has 0 amide bonds. The molecule has 1 saturated heterocycles. The summed E-state index contributed by atoms with van der Waals surface area (Å²) >= 11 is 0. The highest BCUT2D eigenvalue weighted by molar-refractivity contribution is 5.30. The summed E-state index contributed by atoms with van der Waals surface area (Å²) in [5, 5.41) is 0. The van der Waals surface area contributed by atoms with Gasteiger partial charge in [-0.05, 0) is 44.0 Å². The zero-order valence-electron chi connectivity index (χ0n) is 14.1. The van der Waals surface area contributed by atoms with Crippen LogP contribution in [0.1, 0.15) is 35.8 Å². The molecule has 124 valence electrons. The van der Waals surface area contributed by atoms with Crippen molar-refractivity contribution in [1.29, 1.82) is 0 Å². The Hall–Kier alpha value is -1.88. The van der Waals surface area contributed by atoms with Gasteiger partial charge >= 0.3 is 0 Å². The Balaban J connectivity index is 1.70. The number of imidazole rings is 1. The molecule has 23 heavy (non-hydrogen) atoms. The Kier molecular flexibility index (Phi) is 4.66. The standard InChI is InChI=1S/C18H24FN3O/c1-13-10-21(2)18(20-13)15-5-4-8-22(12-15)11-14-6-7-16(19)17(9-14)23-3/h6-7,9-10,15H,4-5,8,11-12H2,1-3H3. The first-order valence-corrected chi connectivity index (χ1v) is 8.11. The Morgan fingerprint density at radius 3 is 2.91 bits per heavy atom. The number of ether oxygens (including phenoxy) is 1. The molecule has 1 aliphatic heterocycles. The molecule has 1 unspecified atom stereocenters. The summed E-state index contributed by atoms with van der Waals surface area (Å²) in [7, 11) is 3.57. The number of aromatic nitrogens is 2. The first-order valence-electron chi connectivity index (χ1n) is 8.11. The molecule has 2 aromatic rings. The van der Waals surface area contributed by atoms with Gasteiger partial charge in [-0.1, -0.05) is 6.07 Å². The van der Waals surface area contributed by atoms with Gasteiger partial charge in [-0.15, -0.1) is 0 Å². The van der Waals surface area contributed by atoms with E-state index in [-0.39, 0.29) is 5.82 Å². The van der Waals surface area contributed by atoms with Crippen LogP contribution in [0.15, 0.2) is 24.4 Å². The number of benzene rings is 1. The molecule has 0 spiro atoms. The third kappa shape index (κ3) is 3.55. The first kappa shape index (κ1) is 16.0. The Morgan fingerprint density at radius 2 is 2.22 bits per heavy atom. The van der Waals surface area contributed by atoms with Gasteiger partial charge in [0.25, 0.3) is 0 Å². The van der Waals surface area contributed by atoms with Gasteiger partial charge in [0, 0.05) is 32.3 Å². The maximum Gasteiger partial charge on any atom is 0.165 e. The summed E-state index contributed by atoms with van der Waals surface area (Å²) in [5.74, 6) is 1.64. The topological polar surface area (TPSA) is 30.3 Å². The van der Waals surface area contributed by atoms with E-state index in [1.54, 1.807) is 6.07 Å². The highest BCUT2D eigenvalue weighted by Crippen LogP contribution is 2.28. The van der Waals surface area contributed by atoms with E-state index in [0.29, 0.717) is 11.7 Å². The molecule has 1 aromatic carbocycles. The lowest BCUT2D eigenvalue weighted by atomic mass is 9.96. The van der Waals surface area contributed by atoms with E-state index in [1.165, 1.54) is 25.4 Å². The fourth-order valence-corrected chi connectivity index (χ4v) is 3.48. The molecule has 1 fully saturated rings.